The highest BCUT2D eigenvalue weighted by Gasteiger charge is 2.29. The van der Waals surface area contributed by atoms with Crippen LogP contribution in [-0.4, -0.2) is 27.3 Å². The van der Waals surface area contributed by atoms with E-state index in [9.17, 15) is 4.79 Å². The summed E-state index contributed by atoms with van der Waals surface area (Å²) < 4.78 is 30.3. The molecule has 1 aliphatic carbocycles. The summed E-state index contributed by atoms with van der Waals surface area (Å²) in [5.74, 6) is -0.0770. The fourth-order valence-corrected chi connectivity index (χ4v) is 4.61. The molecule has 33 heavy (non-hydrogen) atoms. The predicted molar refractivity (Wildman–Crippen MR) is 123 cm³/mol. The van der Waals surface area contributed by atoms with Crippen LogP contribution in [0.25, 0.3) is 11.1 Å². The van der Waals surface area contributed by atoms with Crippen molar-refractivity contribution in [3.05, 3.63) is 76.7 Å². The molecular formula is C26H26F2N4O. The molecule has 0 radical (unpaired) electrons. The molecule has 5 rings (SSSR count). The summed E-state index contributed by atoms with van der Waals surface area (Å²) in [6.45, 7) is 4.73. The molecule has 1 amide bonds. The van der Waals surface area contributed by atoms with E-state index in [4.69, 9.17) is 0 Å². The summed E-state index contributed by atoms with van der Waals surface area (Å²) in [5, 5.41) is 3.18. The van der Waals surface area contributed by atoms with Crippen molar-refractivity contribution in [1.29, 1.82) is 0 Å². The van der Waals surface area contributed by atoms with Gasteiger partial charge in [0.1, 0.15) is 17.5 Å². The van der Waals surface area contributed by atoms with Crippen LogP contribution in [0.1, 0.15) is 72.2 Å². The molecule has 0 spiro atoms. The monoisotopic (exact) mass is 448 g/mol. The van der Waals surface area contributed by atoms with E-state index in [0.717, 1.165) is 24.1 Å². The SMILES string of the molecule is CCN1Cc2c(ccnc2NC(C)c2cc(F)c(-c3ccnc(C4CCC4)c3)cc2F)C1=O. The van der Waals surface area contributed by atoms with Gasteiger partial charge in [-0.3, -0.25) is 9.78 Å². The highest BCUT2D eigenvalue weighted by atomic mass is 19.1. The molecule has 1 N–H and O–H groups in total. The number of rotatable bonds is 6. The van der Waals surface area contributed by atoms with Gasteiger partial charge in [-0.25, -0.2) is 13.8 Å². The van der Waals surface area contributed by atoms with E-state index >= 15 is 8.78 Å². The number of aromatic nitrogens is 2. The number of benzene rings is 1. The Hall–Kier alpha value is -3.35. The average molecular weight is 449 g/mol. The Balaban J connectivity index is 1.41. The number of halogens is 2. The van der Waals surface area contributed by atoms with Gasteiger partial charge in [0.25, 0.3) is 5.91 Å². The fraction of sp³-hybridized carbons (Fsp3) is 0.346. The van der Waals surface area contributed by atoms with Crippen LogP contribution in [0.2, 0.25) is 0 Å². The van der Waals surface area contributed by atoms with Crippen molar-refractivity contribution in [2.24, 2.45) is 0 Å². The van der Waals surface area contributed by atoms with Crippen LogP contribution in [0, 0.1) is 11.6 Å². The second-order valence-electron chi connectivity index (χ2n) is 8.82. The lowest BCUT2D eigenvalue weighted by atomic mass is 9.82. The van der Waals surface area contributed by atoms with Crippen LogP contribution in [0.4, 0.5) is 14.6 Å². The highest BCUT2D eigenvalue weighted by molar-refractivity contribution is 5.99. The number of nitrogens with zero attached hydrogens (tertiary/aromatic N) is 3. The van der Waals surface area contributed by atoms with Gasteiger partial charge >= 0.3 is 0 Å². The van der Waals surface area contributed by atoms with Crippen LogP contribution < -0.4 is 5.32 Å². The molecule has 0 bridgehead atoms. The number of hydrogen-bond donors (Lipinski definition) is 1. The van der Waals surface area contributed by atoms with Crippen LogP contribution in [0.5, 0.6) is 0 Å². The lowest BCUT2D eigenvalue weighted by Crippen LogP contribution is -2.22. The number of carbonyl (C=O) groups is 1. The average Bonchev–Trinajstić information content (AvgIpc) is 3.11. The van der Waals surface area contributed by atoms with Gasteiger partial charge in [-0.1, -0.05) is 6.42 Å². The van der Waals surface area contributed by atoms with Gasteiger partial charge in [0.2, 0.25) is 0 Å². The number of hydrogen-bond acceptors (Lipinski definition) is 4. The summed E-state index contributed by atoms with van der Waals surface area (Å²) >= 11 is 0. The van der Waals surface area contributed by atoms with Gasteiger partial charge in [-0.15, -0.1) is 0 Å². The summed E-state index contributed by atoms with van der Waals surface area (Å²) in [4.78, 5) is 23.0. The van der Waals surface area contributed by atoms with E-state index in [2.05, 4.69) is 15.3 Å². The Kier molecular flexibility index (Phi) is 5.56. The number of amides is 1. The van der Waals surface area contributed by atoms with Gasteiger partial charge < -0.3 is 10.2 Å². The molecule has 5 nitrogen and oxygen atoms in total. The molecular weight excluding hydrogens is 422 g/mol. The van der Waals surface area contributed by atoms with Crippen molar-refractivity contribution in [1.82, 2.24) is 14.9 Å². The van der Waals surface area contributed by atoms with E-state index < -0.39 is 17.7 Å². The number of anilines is 1. The molecule has 3 aromatic rings. The highest BCUT2D eigenvalue weighted by Crippen LogP contribution is 2.37. The summed E-state index contributed by atoms with van der Waals surface area (Å²) in [7, 11) is 0. The first kappa shape index (κ1) is 21.5. The van der Waals surface area contributed by atoms with E-state index in [1.165, 1.54) is 18.6 Å². The first-order valence-electron chi connectivity index (χ1n) is 11.4. The maximum atomic E-state index is 15.2. The molecule has 1 aliphatic heterocycles. The van der Waals surface area contributed by atoms with Gasteiger partial charge in [-0.2, -0.15) is 0 Å². The topological polar surface area (TPSA) is 58.1 Å². The van der Waals surface area contributed by atoms with Crippen molar-refractivity contribution >= 4 is 11.7 Å². The van der Waals surface area contributed by atoms with Crippen molar-refractivity contribution in [2.45, 2.75) is 51.6 Å². The summed E-state index contributed by atoms with van der Waals surface area (Å²) in [5.41, 5.74) is 3.40. The largest absolute Gasteiger partial charge is 0.363 e. The molecule has 2 aliphatic rings. The van der Waals surface area contributed by atoms with Crippen LogP contribution in [0.3, 0.4) is 0 Å². The van der Waals surface area contributed by atoms with E-state index in [0.29, 0.717) is 36.0 Å². The maximum Gasteiger partial charge on any atom is 0.254 e. The quantitative estimate of drug-likeness (QED) is 0.515. The lowest BCUT2D eigenvalue weighted by molar-refractivity contribution is 0.0787. The molecule has 170 valence electrons. The molecule has 0 saturated heterocycles. The van der Waals surface area contributed by atoms with Gasteiger partial charge in [0.05, 0.1) is 12.6 Å². The predicted octanol–water partition coefficient (Wildman–Crippen LogP) is 5.84. The second kappa shape index (κ2) is 8.54. The summed E-state index contributed by atoms with van der Waals surface area (Å²) in [6, 6.07) is 7.25. The first-order chi connectivity index (χ1) is 16.0. The third-order valence-corrected chi connectivity index (χ3v) is 6.83. The Morgan fingerprint density at radius 1 is 1.09 bits per heavy atom. The molecule has 1 aromatic carbocycles. The van der Waals surface area contributed by atoms with Crippen molar-refractivity contribution in [3.8, 4) is 11.1 Å². The third kappa shape index (κ3) is 3.86. The van der Waals surface area contributed by atoms with E-state index in [1.54, 1.807) is 36.4 Å². The number of carbonyl (C=O) groups excluding carboxylic acids is 1. The van der Waals surface area contributed by atoms with Gasteiger partial charge in [0, 0.05) is 52.8 Å². The molecule has 1 saturated carbocycles. The smallest absolute Gasteiger partial charge is 0.254 e. The Morgan fingerprint density at radius 2 is 1.88 bits per heavy atom. The van der Waals surface area contributed by atoms with Crippen molar-refractivity contribution in [2.75, 3.05) is 11.9 Å². The Morgan fingerprint density at radius 3 is 2.61 bits per heavy atom. The minimum atomic E-state index is -0.540. The second-order valence-corrected chi connectivity index (χ2v) is 8.82. The zero-order valence-electron chi connectivity index (χ0n) is 18.7. The standard InChI is InChI=1S/C26H26F2N4O/c1-3-32-14-21-18(26(32)33)8-10-30-25(21)31-15(2)19-12-23(28)20(13-22(19)27)17-7-9-29-24(11-17)16-5-4-6-16/h7-13,15-16H,3-6,14H2,1-2H3,(H,30,31). The van der Waals surface area contributed by atoms with Crippen LogP contribution >= 0.6 is 0 Å². The lowest BCUT2D eigenvalue weighted by Gasteiger charge is -2.25. The number of pyridine rings is 2. The van der Waals surface area contributed by atoms with Gasteiger partial charge in [-0.05, 0) is 62.6 Å². The van der Waals surface area contributed by atoms with Crippen molar-refractivity contribution in [3.63, 3.8) is 0 Å². The molecule has 1 unspecified atom stereocenters. The first-order valence-corrected chi connectivity index (χ1v) is 11.4. The zero-order chi connectivity index (χ0) is 23.1. The number of nitrogens with one attached hydrogen (secondary N) is 1. The van der Waals surface area contributed by atoms with E-state index in [-0.39, 0.29) is 17.0 Å². The van der Waals surface area contributed by atoms with E-state index in [1.807, 2.05) is 13.0 Å². The molecule has 1 fully saturated rings. The molecule has 1 atom stereocenters. The minimum Gasteiger partial charge on any atom is -0.363 e. The van der Waals surface area contributed by atoms with Gasteiger partial charge in [0.15, 0.2) is 0 Å². The fourth-order valence-electron chi connectivity index (χ4n) is 4.61. The minimum absolute atomic E-state index is 0.0363. The maximum absolute atomic E-state index is 15.2. The molecule has 7 heteroatoms. The normalized spacial score (nSPS) is 16.5. The molecule has 2 aromatic heterocycles. The zero-order valence-corrected chi connectivity index (χ0v) is 18.7. The van der Waals surface area contributed by atoms with Crippen molar-refractivity contribution < 1.29 is 13.6 Å². The van der Waals surface area contributed by atoms with Crippen LogP contribution in [-0.2, 0) is 6.54 Å². The number of fused-ring (bicyclic) bond motifs is 1. The summed E-state index contributed by atoms with van der Waals surface area (Å²) in [6.07, 6.45) is 6.60. The molecule has 3 heterocycles. The third-order valence-electron chi connectivity index (χ3n) is 6.83. The Bertz CT molecular complexity index is 1220. The Labute approximate surface area is 191 Å². The van der Waals surface area contributed by atoms with Crippen LogP contribution in [0.15, 0.2) is 42.7 Å².